The van der Waals surface area contributed by atoms with Gasteiger partial charge in [0, 0.05) is 17.4 Å². The third kappa shape index (κ3) is 5.78. The SMILES string of the molecule is CC=C(C)C(=O)OC[C@]1(C)C2CC[C@]3(C)C(CC=C4C5CC(C)(C)[C@@H](O)[C@H](O)[C@]5(COC(=O)CCCCC)[C@H](O)C[C@]43C)[C@@]2(C)CC[C@@H]1O. The zero-order valence-corrected chi connectivity index (χ0v) is 31.8. The van der Waals surface area contributed by atoms with Crippen molar-refractivity contribution in [3.05, 3.63) is 23.3 Å². The summed E-state index contributed by atoms with van der Waals surface area (Å²) in [4.78, 5) is 25.6. The summed E-state index contributed by atoms with van der Waals surface area (Å²) in [5.41, 5.74) is -1.33. The summed E-state index contributed by atoms with van der Waals surface area (Å²) < 4.78 is 11.8. The maximum Gasteiger partial charge on any atom is 0.333 e. The molecule has 3 unspecified atom stereocenters. The van der Waals surface area contributed by atoms with Crippen LogP contribution in [0.1, 0.15) is 133 Å². The molecule has 0 amide bonds. The number of unbranched alkanes of at least 4 members (excludes halogenated alkanes) is 2. The second kappa shape index (κ2) is 13.3. The number of esters is 2. The molecule has 0 radical (unpaired) electrons. The summed E-state index contributed by atoms with van der Waals surface area (Å²) in [6, 6.07) is 0. The molecular formula is C41H66O8. The van der Waals surface area contributed by atoms with Crippen molar-refractivity contribution in [2.75, 3.05) is 13.2 Å². The number of fused-ring (bicyclic) bond motifs is 7. The third-order valence-corrected chi connectivity index (χ3v) is 15.7. The Bertz CT molecular complexity index is 1340. The van der Waals surface area contributed by atoms with Crippen LogP contribution >= 0.6 is 0 Å². The summed E-state index contributed by atoms with van der Waals surface area (Å²) in [7, 11) is 0. The molecule has 5 aliphatic rings. The van der Waals surface area contributed by atoms with Crippen molar-refractivity contribution < 1.29 is 39.5 Å². The third-order valence-electron chi connectivity index (χ3n) is 15.7. The first-order valence-corrected chi connectivity index (χ1v) is 19.2. The van der Waals surface area contributed by atoms with Crippen molar-refractivity contribution in [3.63, 3.8) is 0 Å². The fraction of sp³-hybridized carbons (Fsp3) is 0.854. The zero-order valence-electron chi connectivity index (χ0n) is 31.8. The van der Waals surface area contributed by atoms with E-state index in [4.69, 9.17) is 9.47 Å². The van der Waals surface area contributed by atoms with E-state index in [-0.39, 0.29) is 53.7 Å². The van der Waals surface area contributed by atoms with Crippen molar-refractivity contribution >= 4 is 11.9 Å². The number of carbonyl (C=O) groups is 2. The van der Waals surface area contributed by atoms with Gasteiger partial charge in [0.25, 0.3) is 0 Å². The van der Waals surface area contributed by atoms with Gasteiger partial charge < -0.3 is 29.9 Å². The number of hydrogen-bond acceptors (Lipinski definition) is 8. The Morgan fingerprint density at radius 1 is 0.878 bits per heavy atom. The first-order valence-electron chi connectivity index (χ1n) is 19.2. The smallest absolute Gasteiger partial charge is 0.333 e. The van der Waals surface area contributed by atoms with Gasteiger partial charge in [-0.05, 0) is 105 Å². The van der Waals surface area contributed by atoms with Gasteiger partial charge in [-0.2, -0.15) is 0 Å². The van der Waals surface area contributed by atoms with Gasteiger partial charge in [0.1, 0.15) is 6.61 Å². The average Bonchev–Trinajstić information content (AvgIpc) is 3.04. The van der Waals surface area contributed by atoms with E-state index in [0.29, 0.717) is 31.3 Å². The minimum absolute atomic E-state index is 0.118. The minimum Gasteiger partial charge on any atom is -0.465 e. The monoisotopic (exact) mass is 686 g/mol. The van der Waals surface area contributed by atoms with E-state index in [0.717, 1.165) is 44.9 Å². The van der Waals surface area contributed by atoms with Gasteiger partial charge in [-0.15, -0.1) is 0 Å². The van der Waals surface area contributed by atoms with Gasteiger partial charge in [-0.3, -0.25) is 4.79 Å². The number of allylic oxidation sites excluding steroid dienone is 3. The summed E-state index contributed by atoms with van der Waals surface area (Å²) in [6.07, 6.45) is 8.30. The quantitative estimate of drug-likeness (QED) is 0.0915. The molecule has 8 heteroatoms. The van der Waals surface area contributed by atoms with Crippen molar-refractivity contribution in [3.8, 4) is 0 Å². The van der Waals surface area contributed by atoms with Gasteiger partial charge in [-0.1, -0.05) is 79.0 Å². The molecule has 4 fully saturated rings. The standard InChI is InChI=1S/C41H66O8/c1-10-12-13-14-32(44)48-24-41-27(21-36(4,5)33(45)34(41)46)26-15-16-29-37(6)19-18-30(42)38(7,23-49-35(47)25(3)11-2)28(37)17-20-39(29,8)40(26,9)22-31(41)43/h11,15,27-31,33-34,42-43,45-46H,10,12-14,16-24H2,1-9H3/t27?,28?,29?,30-,31+,33-,34-,37-,38+,39+,40+,41-/m0/s1. The fourth-order valence-electron chi connectivity index (χ4n) is 12.1. The summed E-state index contributed by atoms with van der Waals surface area (Å²) in [5.74, 6) is -0.525. The molecule has 278 valence electrons. The predicted molar refractivity (Wildman–Crippen MR) is 189 cm³/mol. The fourth-order valence-corrected chi connectivity index (χ4v) is 12.1. The predicted octanol–water partition coefficient (Wildman–Crippen LogP) is 6.67. The molecule has 12 atom stereocenters. The normalized spacial score (nSPS) is 45.9. The van der Waals surface area contributed by atoms with Crippen LogP contribution in [0.4, 0.5) is 0 Å². The highest BCUT2D eigenvalue weighted by Crippen LogP contribution is 2.75. The average molecular weight is 687 g/mol. The minimum atomic E-state index is -1.25. The van der Waals surface area contributed by atoms with Crippen molar-refractivity contribution in [2.24, 2.45) is 50.2 Å². The molecule has 0 aromatic heterocycles. The summed E-state index contributed by atoms with van der Waals surface area (Å²) >= 11 is 0. The lowest BCUT2D eigenvalue weighted by molar-refractivity contribution is -0.261. The number of ether oxygens (including phenoxy) is 2. The number of aliphatic hydroxyl groups excluding tert-OH is 4. The zero-order chi connectivity index (χ0) is 36.4. The molecule has 0 spiro atoms. The highest BCUT2D eigenvalue weighted by Gasteiger charge is 2.72. The first-order chi connectivity index (χ1) is 22.8. The molecule has 49 heavy (non-hydrogen) atoms. The molecule has 8 nitrogen and oxygen atoms in total. The molecule has 0 aromatic carbocycles. The van der Waals surface area contributed by atoms with Crippen LogP contribution in [0.2, 0.25) is 0 Å². The second-order valence-corrected chi connectivity index (χ2v) is 18.5. The molecule has 0 heterocycles. The van der Waals surface area contributed by atoms with Crippen LogP contribution in [0.5, 0.6) is 0 Å². The van der Waals surface area contributed by atoms with Gasteiger partial charge in [-0.25, -0.2) is 4.79 Å². The molecule has 0 aromatic rings. The van der Waals surface area contributed by atoms with Crippen LogP contribution in [0.3, 0.4) is 0 Å². The van der Waals surface area contributed by atoms with E-state index < -0.39 is 46.1 Å². The van der Waals surface area contributed by atoms with Gasteiger partial charge in [0.05, 0.1) is 36.4 Å². The van der Waals surface area contributed by atoms with Crippen molar-refractivity contribution in [1.82, 2.24) is 0 Å². The Balaban J connectivity index is 1.52. The summed E-state index contributed by atoms with van der Waals surface area (Å²) in [5, 5.41) is 47.3. The number of rotatable bonds is 9. The van der Waals surface area contributed by atoms with E-state index in [9.17, 15) is 30.0 Å². The molecule has 5 rings (SSSR count). The molecule has 4 N–H and O–H groups in total. The van der Waals surface area contributed by atoms with E-state index in [1.54, 1.807) is 13.0 Å². The Morgan fingerprint density at radius 2 is 1.57 bits per heavy atom. The van der Waals surface area contributed by atoms with Crippen molar-refractivity contribution in [1.29, 1.82) is 0 Å². The van der Waals surface area contributed by atoms with Crippen LogP contribution in [0.15, 0.2) is 23.3 Å². The second-order valence-electron chi connectivity index (χ2n) is 18.5. The number of aliphatic hydroxyl groups is 4. The van der Waals surface area contributed by atoms with E-state index >= 15 is 0 Å². The Hall–Kier alpha value is -1.74. The molecule has 0 bridgehead atoms. The lowest BCUT2D eigenvalue weighted by Crippen LogP contribution is -2.72. The molecule has 0 saturated heterocycles. The largest absolute Gasteiger partial charge is 0.465 e. The number of carbonyl (C=O) groups excluding carboxylic acids is 2. The number of hydrogen-bond donors (Lipinski definition) is 4. The summed E-state index contributed by atoms with van der Waals surface area (Å²) in [6.45, 7) is 18.9. The van der Waals surface area contributed by atoms with Crippen LogP contribution in [-0.4, -0.2) is 70.0 Å². The van der Waals surface area contributed by atoms with Crippen LogP contribution in [0, 0.1) is 50.2 Å². The van der Waals surface area contributed by atoms with E-state index in [2.05, 4.69) is 40.7 Å². The molecular weight excluding hydrogens is 620 g/mol. The van der Waals surface area contributed by atoms with E-state index in [1.807, 2.05) is 20.8 Å². The van der Waals surface area contributed by atoms with Crippen LogP contribution in [0.25, 0.3) is 0 Å². The Morgan fingerprint density at radius 3 is 2.22 bits per heavy atom. The Labute approximate surface area is 295 Å². The van der Waals surface area contributed by atoms with Crippen LogP contribution in [-0.2, 0) is 19.1 Å². The lowest BCUT2D eigenvalue weighted by Gasteiger charge is -2.72. The van der Waals surface area contributed by atoms with Crippen molar-refractivity contribution in [2.45, 2.75) is 157 Å². The van der Waals surface area contributed by atoms with Gasteiger partial charge in [0.2, 0.25) is 0 Å². The topological polar surface area (TPSA) is 134 Å². The molecule has 0 aliphatic heterocycles. The Kier molecular flexibility index (Phi) is 10.5. The molecule has 5 aliphatic carbocycles. The van der Waals surface area contributed by atoms with Crippen LogP contribution < -0.4 is 0 Å². The highest BCUT2D eigenvalue weighted by molar-refractivity contribution is 5.87. The maximum atomic E-state index is 12.9. The lowest BCUT2D eigenvalue weighted by atomic mass is 9.33. The van der Waals surface area contributed by atoms with Gasteiger partial charge >= 0.3 is 11.9 Å². The highest BCUT2D eigenvalue weighted by atomic mass is 16.5. The maximum absolute atomic E-state index is 12.9. The van der Waals surface area contributed by atoms with Gasteiger partial charge in [0.15, 0.2) is 0 Å². The first kappa shape index (κ1) is 38.5. The molecule has 4 saturated carbocycles. The van der Waals surface area contributed by atoms with E-state index in [1.165, 1.54) is 5.57 Å².